The molecule has 1 unspecified atom stereocenters. The molecule has 0 fully saturated rings. The minimum atomic E-state index is -0.293. The van der Waals surface area contributed by atoms with Crippen LogP contribution in [0.1, 0.15) is 18.6 Å². The highest BCUT2D eigenvalue weighted by Gasteiger charge is 2.26. The van der Waals surface area contributed by atoms with Gasteiger partial charge < -0.3 is 9.47 Å². The third kappa shape index (κ3) is 1.47. The number of ether oxygens (including phenoxy) is 2. The van der Waals surface area contributed by atoms with Crippen molar-refractivity contribution < 1.29 is 14.3 Å². The van der Waals surface area contributed by atoms with Crippen LogP contribution in [0.2, 0.25) is 0 Å². The van der Waals surface area contributed by atoms with Crippen LogP contribution in [0.5, 0.6) is 5.75 Å². The Hall–Kier alpha value is -1.58. The Morgan fingerprint density at radius 2 is 2.62 bits per heavy atom. The Morgan fingerprint density at radius 1 is 1.77 bits per heavy atom. The van der Waals surface area contributed by atoms with Crippen LogP contribution < -0.4 is 4.74 Å². The number of nitrogens with zero attached hydrogens (tertiary/aromatic N) is 1. The summed E-state index contributed by atoms with van der Waals surface area (Å²) >= 11 is 0. The van der Waals surface area contributed by atoms with E-state index in [4.69, 9.17) is 9.47 Å². The number of esters is 1. The molecule has 0 bridgehead atoms. The van der Waals surface area contributed by atoms with Crippen molar-refractivity contribution in [3.05, 3.63) is 24.0 Å². The van der Waals surface area contributed by atoms with Gasteiger partial charge in [-0.05, 0) is 6.07 Å². The molecule has 0 radical (unpaired) electrons. The van der Waals surface area contributed by atoms with Gasteiger partial charge in [0.1, 0.15) is 12.4 Å². The smallest absolute Gasteiger partial charge is 0.303 e. The lowest BCUT2D eigenvalue weighted by molar-refractivity contribution is -0.147. The minimum Gasteiger partial charge on any atom is -0.487 e. The van der Waals surface area contributed by atoms with E-state index in [0.29, 0.717) is 12.4 Å². The summed E-state index contributed by atoms with van der Waals surface area (Å²) in [6.07, 6.45) is 3.01. The van der Waals surface area contributed by atoms with E-state index in [1.165, 1.54) is 6.92 Å². The third-order valence-corrected chi connectivity index (χ3v) is 1.86. The summed E-state index contributed by atoms with van der Waals surface area (Å²) in [6, 6.07) is 1.80. The Kier molecular flexibility index (Phi) is 1.88. The molecule has 68 valence electrons. The van der Waals surface area contributed by atoms with Gasteiger partial charge in [-0.15, -0.1) is 0 Å². The molecule has 0 spiro atoms. The van der Waals surface area contributed by atoms with Gasteiger partial charge in [-0.1, -0.05) is 0 Å². The average molecular weight is 179 g/mol. The maximum absolute atomic E-state index is 10.7. The van der Waals surface area contributed by atoms with Crippen LogP contribution in [0.15, 0.2) is 18.5 Å². The quantitative estimate of drug-likeness (QED) is 0.605. The molecule has 4 nitrogen and oxygen atoms in total. The largest absolute Gasteiger partial charge is 0.487 e. The van der Waals surface area contributed by atoms with Crippen molar-refractivity contribution in [1.29, 1.82) is 0 Å². The summed E-state index contributed by atoms with van der Waals surface area (Å²) < 4.78 is 10.3. The highest BCUT2D eigenvalue weighted by Crippen LogP contribution is 2.33. The van der Waals surface area contributed by atoms with Crippen LogP contribution >= 0.6 is 0 Å². The standard InChI is InChI=1S/C9H9NO3/c1-6(11)13-9-5-12-8-4-10-3-2-7(8)9/h2-4,9H,5H2,1H3. The summed E-state index contributed by atoms with van der Waals surface area (Å²) in [7, 11) is 0. The zero-order valence-electron chi connectivity index (χ0n) is 7.19. The van der Waals surface area contributed by atoms with Gasteiger partial charge in [0, 0.05) is 18.7 Å². The molecule has 2 heterocycles. The average Bonchev–Trinajstić information content (AvgIpc) is 2.48. The molecule has 0 saturated heterocycles. The lowest BCUT2D eigenvalue weighted by Crippen LogP contribution is -2.09. The van der Waals surface area contributed by atoms with Gasteiger partial charge in [-0.3, -0.25) is 9.78 Å². The lowest BCUT2D eigenvalue weighted by atomic mass is 10.2. The van der Waals surface area contributed by atoms with Gasteiger partial charge >= 0.3 is 5.97 Å². The van der Waals surface area contributed by atoms with E-state index in [0.717, 1.165) is 5.56 Å². The van der Waals surface area contributed by atoms with Crippen molar-refractivity contribution in [3.8, 4) is 5.75 Å². The van der Waals surface area contributed by atoms with Crippen LogP contribution in [0, 0.1) is 0 Å². The molecule has 1 aliphatic heterocycles. The van der Waals surface area contributed by atoms with Crippen LogP contribution in [0.3, 0.4) is 0 Å². The molecule has 0 aromatic carbocycles. The number of aromatic nitrogens is 1. The molecule has 13 heavy (non-hydrogen) atoms. The summed E-state index contributed by atoms with van der Waals surface area (Å²) in [5, 5.41) is 0. The normalized spacial score (nSPS) is 19.0. The van der Waals surface area contributed by atoms with E-state index in [1.54, 1.807) is 18.5 Å². The topological polar surface area (TPSA) is 48.4 Å². The van der Waals surface area contributed by atoms with Crippen LogP contribution in [0.4, 0.5) is 0 Å². The second kappa shape index (κ2) is 3.05. The molecule has 0 saturated carbocycles. The molecule has 0 N–H and O–H groups in total. The van der Waals surface area contributed by atoms with E-state index in [9.17, 15) is 4.79 Å². The second-order valence-corrected chi connectivity index (χ2v) is 2.82. The third-order valence-electron chi connectivity index (χ3n) is 1.86. The fourth-order valence-corrected chi connectivity index (χ4v) is 1.33. The second-order valence-electron chi connectivity index (χ2n) is 2.82. The SMILES string of the molecule is CC(=O)OC1COc2cnccc21. The van der Waals surface area contributed by atoms with Gasteiger partial charge in [-0.25, -0.2) is 0 Å². The zero-order chi connectivity index (χ0) is 9.26. The van der Waals surface area contributed by atoms with Crippen molar-refractivity contribution in [2.45, 2.75) is 13.0 Å². The maximum Gasteiger partial charge on any atom is 0.303 e. The van der Waals surface area contributed by atoms with E-state index in [-0.39, 0.29) is 12.1 Å². The van der Waals surface area contributed by atoms with E-state index < -0.39 is 0 Å². The molecule has 1 aliphatic rings. The first-order chi connectivity index (χ1) is 6.27. The van der Waals surface area contributed by atoms with Gasteiger partial charge in [0.15, 0.2) is 6.10 Å². The summed E-state index contributed by atoms with van der Waals surface area (Å²) in [5.41, 5.74) is 0.894. The van der Waals surface area contributed by atoms with Crippen molar-refractivity contribution in [2.75, 3.05) is 6.61 Å². The number of carbonyl (C=O) groups excluding carboxylic acids is 1. The number of hydrogen-bond donors (Lipinski definition) is 0. The van der Waals surface area contributed by atoms with E-state index >= 15 is 0 Å². The molecule has 0 amide bonds. The predicted octanol–water partition coefficient (Wildman–Crippen LogP) is 1.08. The van der Waals surface area contributed by atoms with Crippen molar-refractivity contribution >= 4 is 5.97 Å². The molecule has 1 atom stereocenters. The van der Waals surface area contributed by atoms with Gasteiger partial charge in [-0.2, -0.15) is 0 Å². The van der Waals surface area contributed by atoms with Crippen LogP contribution in [-0.2, 0) is 9.53 Å². The summed E-state index contributed by atoms with van der Waals surface area (Å²) in [4.78, 5) is 14.6. The fraction of sp³-hybridized carbons (Fsp3) is 0.333. The zero-order valence-corrected chi connectivity index (χ0v) is 7.19. The number of pyridine rings is 1. The van der Waals surface area contributed by atoms with E-state index in [1.807, 2.05) is 0 Å². The first kappa shape index (κ1) is 8.04. The molecule has 1 aromatic heterocycles. The first-order valence-corrected chi connectivity index (χ1v) is 4.01. The highest BCUT2D eigenvalue weighted by atomic mass is 16.6. The minimum absolute atomic E-state index is 0.268. The number of carbonyl (C=O) groups is 1. The molecule has 2 rings (SSSR count). The number of rotatable bonds is 1. The maximum atomic E-state index is 10.7. The fourth-order valence-electron chi connectivity index (χ4n) is 1.33. The van der Waals surface area contributed by atoms with Gasteiger partial charge in [0.05, 0.1) is 6.20 Å². The van der Waals surface area contributed by atoms with Gasteiger partial charge in [0.25, 0.3) is 0 Å². The lowest BCUT2D eigenvalue weighted by Gasteiger charge is -2.07. The highest BCUT2D eigenvalue weighted by molar-refractivity contribution is 5.66. The summed E-state index contributed by atoms with van der Waals surface area (Å²) in [6.45, 7) is 1.78. The Balaban J connectivity index is 2.23. The van der Waals surface area contributed by atoms with Crippen LogP contribution in [-0.4, -0.2) is 17.6 Å². The molecule has 0 aliphatic carbocycles. The summed E-state index contributed by atoms with van der Waals surface area (Å²) in [5.74, 6) is 0.409. The number of fused-ring (bicyclic) bond motifs is 1. The first-order valence-electron chi connectivity index (χ1n) is 4.01. The Morgan fingerprint density at radius 3 is 3.38 bits per heavy atom. The molecular formula is C9H9NO3. The van der Waals surface area contributed by atoms with Crippen molar-refractivity contribution in [3.63, 3.8) is 0 Å². The Labute approximate surface area is 75.5 Å². The van der Waals surface area contributed by atoms with Crippen molar-refractivity contribution in [2.24, 2.45) is 0 Å². The van der Waals surface area contributed by atoms with Gasteiger partial charge in [0.2, 0.25) is 0 Å². The molecular weight excluding hydrogens is 170 g/mol. The predicted molar refractivity (Wildman–Crippen MR) is 44.2 cm³/mol. The molecule has 4 heteroatoms. The van der Waals surface area contributed by atoms with Crippen molar-refractivity contribution in [1.82, 2.24) is 4.98 Å². The molecule has 1 aromatic rings. The number of hydrogen-bond acceptors (Lipinski definition) is 4. The van der Waals surface area contributed by atoms with E-state index in [2.05, 4.69) is 4.98 Å². The Bertz CT molecular complexity index is 337. The van der Waals surface area contributed by atoms with Crippen LogP contribution in [0.25, 0.3) is 0 Å². The monoisotopic (exact) mass is 179 g/mol.